The molecule has 0 spiro atoms. The van der Waals surface area contributed by atoms with Gasteiger partial charge in [0.05, 0.1) is 24.4 Å². The van der Waals surface area contributed by atoms with Crippen molar-refractivity contribution >= 4 is 33.2 Å². The lowest BCUT2D eigenvalue weighted by molar-refractivity contribution is -0.140. The largest absolute Gasteiger partial charge is 0.497 e. The first-order valence-corrected chi connectivity index (χ1v) is 9.87. The van der Waals surface area contributed by atoms with Crippen molar-refractivity contribution in [2.75, 3.05) is 14.2 Å². The van der Waals surface area contributed by atoms with Crippen LogP contribution in [-0.4, -0.2) is 30.4 Å². The van der Waals surface area contributed by atoms with E-state index in [0.717, 1.165) is 25.7 Å². The molecule has 0 bridgehead atoms. The maximum atomic E-state index is 12.6. The molecular weight excluding hydrogens is 432 g/mol. The van der Waals surface area contributed by atoms with Gasteiger partial charge in [0, 0.05) is 28.5 Å². The molecule has 1 aromatic carbocycles. The van der Waals surface area contributed by atoms with Crippen molar-refractivity contribution < 1.29 is 14.3 Å². The van der Waals surface area contributed by atoms with E-state index in [1.54, 1.807) is 7.11 Å². The van der Waals surface area contributed by atoms with Gasteiger partial charge >= 0.3 is 5.97 Å². The van der Waals surface area contributed by atoms with Gasteiger partial charge in [-0.15, -0.1) is 11.3 Å². The highest BCUT2D eigenvalue weighted by molar-refractivity contribution is 9.11. The van der Waals surface area contributed by atoms with E-state index in [1.807, 2.05) is 36.4 Å². The molecule has 1 atom stereocenters. The van der Waals surface area contributed by atoms with Crippen LogP contribution in [0.25, 0.3) is 0 Å². The summed E-state index contributed by atoms with van der Waals surface area (Å²) in [4.78, 5) is 25.5. The van der Waals surface area contributed by atoms with Crippen molar-refractivity contribution in [3.8, 4) is 5.75 Å². The Labute approximate surface area is 168 Å². The molecule has 8 heteroatoms. The van der Waals surface area contributed by atoms with Gasteiger partial charge in [0.2, 0.25) is 0 Å². The Morgan fingerprint density at radius 3 is 2.48 bits per heavy atom. The number of nitrogens with one attached hydrogen (secondary N) is 2. The molecule has 0 unspecified atom stereocenters. The van der Waals surface area contributed by atoms with Gasteiger partial charge in [-0.1, -0.05) is 12.1 Å². The SMILES string of the molecule is COC(=O)C[C@@H](c1ccc(Br)s1)c1c(Cc2ccc(OC)cc2)[nH][nH]c1=O. The van der Waals surface area contributed by atoms with Crippen molar-refractivity contribution in [3.05, 3.63) is 72.2 Å². The van der Waals surface area contributed by atoms with Gasteiger partial charge in [-0.25, -0.2) is 0 Å². The first-order chi connectivity index (χ1) is 13.0. The fourth-order valence-electron chi connectivity index (χ4n) is 2.97. The standard InChI is InChI=1S/C19H19BrN2O4S/c1-25-12-5-3-11(4-6-12)9-14-18(19(24)22-21-14)13(10-17(23)26-2)15-7-8-16(20)27-15/h3-8,13H,9-10H2,1-2H3,(H2,21,22,24)/t13-/m0/s1. The van der Waals surface area contributed by atoms with Crippen LogP contribution in [0.15, 0.2) is 45.0 Å². The third-order valence-corrected chi connectivity index (χ3v) is 6.06. The van der Waals surface area contributed by atoms with Crippen LogP contribution < -0.4 is 10.3 Å². The van der Waals surface area contributed by atoms with E-state index in [2.05, 4.69) is 26.1 Å². The highest BCUT2D eigenvalue weighted by Crippen LogP contribution is 2.35. The number of thiophene rings is 1. The van der Waals surface area contributed by atoms with Gasteiger partial charge in [-0.3, -0.25) is 14.7 Å². The molecule has 3 rings (SSSR count). The molecule has 2 N–H and O–H groups in total. The molecule has 6 nitrogen and oxygen atoms in total. The number of carbonyl (C=O) groups excluding carboxylic acids is 1. The predicted molar refractivity (Wildman–Crippen MR) is 108 cm³/mol. The van der Waals surface area contributed by atoms with E-state index in [9.17, 15) is 9.59 Å². The summed E-state index contributed by atoms with van der Waals surface area (Å²) < 4.78 is 11.0. The number of methoxy groups -OCH3 is 2. The number of halogens is 1. The second kappa shape index (κ2) is 8.58. The molecule has 2 heterocycles. The van der Waals surface area contributed by atoms with Crippen LogP contribution in [0.4, 0.5) is 0 Å². The molecule has 3 aromatic rings. The molecule has 0 amide bonds. The molecule has 142 valence electrons. The maximum Gasteiger partial charge on any atom is 0.306 e. The minimum Gasteiger partial charge on any atom is -0.497 e. The zero-order valence-corrected chi connectivity index (χ0v) is 17.3. The van der Waals surface area contributed by atoms with Crippen LogP contribution in [0.3, 0.4) is 0 Å². The number of hydrogen-bond acceptors (Lipinski definition) is 5. The van der Waals surface area contributed by atoms with Crippen LogP contribution in [0.5, 0.6) is 5.75 Å². The average molecular weight is 451 g/mol. The van der Waals surface area contributed by atoms with Gasteiger partial charge in [-0.2, -0.15) is 0 Å². The number of carbonyl (C=O) groups is 1. The fourth-order valence-corrected chi connectivity index (χ4v) is 4.50. The van der Waals surface area contributed by atoms with Crippen molar-refractivity contribution in [3.63, 3.8) is 0 Å². The highest BCUT2D eigenvalue weighted by Gasteiger charge is 2.27. The molecule has 0 aliphatic carbocycles. The van der Waals surface area contributed by atoms with Gasteiger partial charge < -0.3 is 14.6 Å². The van der Waals surface area contributed by atoms with Gasteiger partial charge in [0.1, 0.15) is 5.75 Å². The summed E-state index contributed by atoms with van der Waals surface area (Å²) in [5, 5.41) is 5.64. The summed E-state index contributed by atoms with van der Waals surface area (Å²) in [7, 11) is 2.97. The van der Waals surface area contributed by atoms with E-state index in [-0.39, 0.29) is 23.9 Å². The second-order valence-electron chi connectivity index (χ2n) is 5.97. The number of ether oxygens (including phenoxy) is 2. The number of hydrogen-bond donors (Lipinski definition) is 2. The van der Waals surface area contributed by atoms with Crippen LogP contribution in [0, 0.1) is 0 Å². The maximum absolute atomic E-state index is 12.6. The highest BCUT2D eigenvalue weighted by atomic mass is 79.9. The second-order valence-corrected chi connectivity index (χ2v) is 8.47. The molecule has 2 aromatic heterocycles. The summed E-state index contributed by atoms with van der Waals surface area (Å²) >= 11 is 4.95. The Kier molecular flexibility index (Phi) is 6.18. The summed E-state index contributed by atoms with van der Waals surface area (Å²) in [5.74, 6) is 0.0334. The molecular formula is C19H19BrN2O4S. The van der Waals surface area contributed by atoms with E-state index in [0.29, 0.717) is 12.0 Å². The zero-order chi connectivity index (χ0) is 19.4. The third kappa shape index (κ3) is 4.51. The molecule has 27 heavy (non-hydrogen) atoms. The number of rotatable bonds is 7. The third-order valence-electron chi connectivity index (χ3n) is 4.32. The Morgan fingerprint density at radius 2 is 1.89 bits per heavy atom. The lowest BCUT2D eigenvalue weighted by atomic mass is 9.92. The monoisotopic (exact) mass is 450 g/mol. The summed E-state index contributed by atoms with van der Waals surface area (Å²) in [6, 6.07) is 11.5. The molecule has 0 saturated carbocycles. The lowest BCUT2D eigenvalue weighted by Gasteiger charge is -2.14. The smallest absolute Gasteiger partial charge is 0.306 e. The first-order valence-electron chi connectivity index (χ1n) is 8.26. The minimum atomic E-state index is -0.378. The van der Waals surface area contributed by atoms with Crippen molar-refractivity contribution in [1.29, 1.82) is 0 Å². The molecule has 0 aliphatic heterocycles. The van der Waals surface area contributed by atoms with Gasteiger partial charge in [-0.05, 0) is 45.8 Å². The Balaban J connectivity index is 1.98. The van der Waals surface area contributed by atoms with Crippen LogP contribution in [-0.2, 0) is 16.0 Å². The van der Waals surface area contributed by atoms with E-state index < -0.39 is 0 Å². The fraction of sp³-hybridized carbons (Fsp3) is 0.263. The Morgan fingerprint density at radius 1 is 1.15 bits per heavy atom. The number of H-pyrrole nitrogens is 2. The van der Waals surface area contributed by atoms with E-state index >= 15 is 0 Å². The topological polar surface area (TPSA) is 84.2 Å². The van der Waals surface area contributed by atoms with Gasteiger partial charge in [0.25, 0.3) is 5.56 Å². The Hall–Kier alpha value is -2.32. The number of aromatic nitrogens is 2. The minimum absolute atomic E-state index is 0.0972. The van der Waals surface area contributed by atoms with Crippen molar-refractivity contribution in [2.45, 2.75) is 18.8 Å². The molecule has 0 saturated heterocycles. The lowest BCUT2D eigenvalue weighted by Crippen LogP contribution is -2.17. The van der Waals surface area contributed by atoms with Crippen LogP contribution in [0.1, 0.15) is 34.0 Å². The van der Waals surface area contributed by atoms with Crippen LogP contribution in [0.2, 0.25) is 0 Å². The predicted octanol–water partition coefficient (Wildman–Crippen LogP) is 3.82. The molecule has 0 aliphatic rings. The zero-order valence-electron chi connectivity index (χ0n) is 14.9. The summed E-state index contributed by atoms with van der Waals surface area (Å²) in [6.45, 7) is 0. The van der Waals surface area contributed by atoms with Crippen molar-refractivity contribution in [2.24, 2.45) is 0 Å². The number of benzene rings is 1. The number of esters is 1. The first kappa shape index (κ1) is 19.4. The molecule has 0 fully saturated rings. The Bertz CT molecular complexity index is 974. The molecule has 0 radical (unpaired) electrons. The summed E-state index contributed by atoms with van der Waals surface area (Å²) in [5.41, 5.74) is 2.11. The quantitative estimate of drug-likeness (QED) is 0.535. The normalized spacial score (nSPS) is 12.0. The number of aromatic amines is 2. The average Bonchev–Trinajstić information content (AvgIpc) is 3.26. The van der Waals surface area contributed by atoms with E-state index in [1.165, 1.54) is 18.4 Å². The van der Waals surface area contributed by atoms with Crippen LogP contribution >= 0.6 is 27.3 Å². The van der Waals surface area contributed by atoms with E-state index in [4.69, 9.17) is 9.47 Å². The van der Waals surface area contributed by atoms with Crippen molar-refractivity contribution in [1.82, 2.24) is 10.2 Å². The summed E-state index contributed by atoms with van der Waals surface area (Å²) in [6.07, 6.45) is 0.627. The van der Waals surface area contributed by atoms with Gasteiger partial charge in [0.15, 0.2) is 0 Å².